The Morgan fingerprint density at radius 1 is 1.00 bits per heavy atom. The number of nitrogens with one attached hydrogen (secondary N) is 1. The number of hydrogen-bond acceptors (Lipinski definition) is 6. The fourth-order valence-electron chi connectivity index (χ4n) is 3.20. The number of benzene rings is 3. The molecule has 8 nitrogen and oxygen atoms in total. The lowest BCUT2D eigenvalue weighted by Crippen LogP contribution is -2.20. The van der Waals surface area contributed by atoms with Gasteiger partial charge < -0.3 is 5.11 Å². The molecular formula is C25H21N5O3S. The molecule has 1 heterocycles. The van der Waals surface area contributed by atoms with Crippen molar-refractivity contribution in [3.8, 4) is 17.1 Å². The smallest absolute Gasteiger partial charge is 0.336 e. The third-order valence-electron chi connectivity index (χ3n) is 4.87. The molecule has 9 heteroatoms. The number of aromatic nitrogens is 3. The quantitative estimate of drug-likeness (QED) is 0.227. The molecule has 0 fully saturated rings. The number of thioether (sulfide) groups is 1. The summed E-state index contributed by atoms with van der Waals surface area (Å²) in [7, 11) is 0. The van der Waals surface area contributed by atoms with Gasteiger partial charge in [0, 0.05) is 16.8 Å². The van der Waals surface area contributed by atoms with E-state index in [0.29, 0.717) is 16.5 Å². The molecule has 4 aromatic rings. The second-order valence-corrected chi connectivity index (χ2v) is 8.26. The molecule has 34 heavy (non-hydrogen) atoms. The number of hydrazone groups is 1. The van der Waals surface area contributed by atoms with Crippen LogP contribution in [0, 0.1) is 6.92 Å². The van der Waals surface area contributed by atoms with Gasteiger partial charge in [-0.1, -0.05) is 78.0 Å². The summed E-state index contributed by atoms with van der Waals surface area (Å²) in [4.78, 5) is 23.7. The van der Waals surface area contributed by atoms with Crippen molar-refractivity contribution in [2.24, 2.45) is 5.10 Å². The number of rotatable bonds is 8. The first-order chi connectivity index (χ1) is 16.5. The molecule has 170 valence electrons. The molecule has 0 bridgehead atoms. The Hall–Kier alpha value is -4.24. The fourth-order valence-corrected chi connectivity index (χ4v) is 3.95. The zero-order valence-electron chi connectivity index (χ0n) is 18.3. The highest BCUT2D eigenvalue weighted by Crippen LogP contribution is 2.28. The van der Waals surface area contributed by atoms with E-state index in [1.165, 1.54) is 24.0 Å². The van der Waals surface area contributed by atoms with Crippen molar-refractivity contribution in [2.45, 2.75) is 12.1 Å². The van der Waals surface area contributed by atoms with Crippen LogP contribution in [-0.4, -0.2) is 43.7 Å². The fraction of sp³-hybridized carbons (Fsp3) is 0.0800. The van der Waals surface area contributed by atoms with Crippen LogP contribution in [0.4, 0.5) is 0 Å². The highest BCUT2D eigenvalue weighted by molar-refractivity contribution is 7.99. The van der Waals surface area contributed by atoms with Gasteiger partial charge in [0.1, 0.15) is 0 Å². The number of aromatic carboxylic acids is 1. The number of nitrogens with zero attached hydrogens (tertiary/aromatic N) is 4. The van der Waals surface area contributed by atoms with E-state index < -0.39 is 5.97 Å². The van der Waals surface area contributed by atoms with Crippen LogP contribution in [0.5, 0.6) is 0 Å². The highest BCUT2D eigenvalue weighted by Gasteiger charge is 2.17. The van der Waals surface area contributed by atoms with Crippen molar-refractivity contribution in [1.82, 2.24) is 20.2 Å². The topological polar surface area (TPSA) is 109 Å². The maximum Gasteiger partial charge on any atom is 0.336 e. The Morgan fingerprint density at radius 2 is 1.71 bits per heavy atom. The Morgan fingerprint density at radius 3 is 2.44 bits per heavy atom. The molecule has 2 N–H and O–H groups in total. The van der Waals surface area contributed by atoms with Crippen molar-refractivity contribution in [3.05, 3.63) is 95.6 Å². The number of carbonyl (C=O) groups excluding carboxylic acids is 1. The summed E-state index contributed by atoms with van der Waals surface area (Å²) in [6.45, 7) is 2.02. The second-order valence-electron chi connectivity index (χ2n) is 7.32. The molecule has 0 saturated heterocycles. The summed E-state index contributed by atoms with van der Waals surface area (Å²) in [5, 5.41) is 22.4. The standard InChI is InChI=1S/C25H21N5O3S/c1-17-11-13-20(14-12-17)30-23(18-7-3-2-4-8-18)28-29-25(30)34-16-22(31)27-26-15-19-9-5-6-10-21(19)24(32)33/h2-15H,16H2,1H3,(H,27,31)(H,32,33)/b26-15-. The first kappa shape index (κ1) is 22.9. The second kappa shape index (κ2) is 10.6. The number of hydrogen-bond donors (Lipinski definition) is 2. The third-order valence-corrected chi connectivity index (χ3v) is 5.80. The Labute approximate surface area is 200 Å². The van der Waals surface area contributed by atoms with Gasteiger partial charge in [-0.05, 0) is 25.1 Å². The zero-order chi connectivity index (χ0) is 23.9. The lowest BCUT2D eigenvalue weighted by Gasteiger charge is -2.10. The maximum atomic E-state index is 12.4. The van der Waals surface area contributed by atoms with Gasteiger partial charge in [0.25, 0.3) is 5.91 Å². The van der Waals surface area contributed by atoms with Crippen LogP contribution in [0.25, 0.3) is 17.1 Å². The van der Waals surface area contributed by atoms with Gasteiger partial charge in [-0.3, -0.25) is 9.36 Å². The van der Waals surface area contributed by atoms with Crippen LogP contribution >= 0.6 is 11.8 Å². The van der Waals surface area contributed by atoms with Crippen LogP contribution in [0.1, 0.15) is 21.5 Å². The Balaban J connectivity index is 1.50. The summed E-state index contributed by atoms with van der Waals surface area (Å²) in [5.74, 6) is -0.686. The van der Waals surface area contributed by atoms with Crippen molar-refractivity contribution < 1.29 is 14.7 Å². The number of amides is 1. The summed E-state index contributed by atoms with van der Waals surface area (Å²) in [5.41, 5.74) is 5.87. The van der Waals surface area contributed by atoms with Gasteiger partial charge in [-0.2, -0.15) is 5.10 Å². The minimum absolute atomic E-state index is 0.0523. The summed E-state index contributed by atoms with van der Waals surface area (Å²) >= 11 is 1.23. The molecular weight excluding hydrogens is 450 g/mol. The van der Waals surface area contributed by atoms with E-state index in [2.05, 4.69) is 20.7 Å². The van der Waals surface area contributed by atoms with Crippen molar-refractivity contribution in [2.75, 3.05) is 5.75 Å². The SMILES string of the molecule is Cc1ccc(-n2c(SCC(=O)N/N=C\c3ccccc3C(=O)O)nnc2-c2ccccc2)cc1. The minimum atomic E-state index is -1.06. The van der Waals surface area contributed by atoms with E-state index in [9.17, 15) is 14.7 Å². The van der Waals surface area contributed by atoms with Crippen LogP contribution in [0.3, 0.4) is 0 Å². The third kappa shape index (κ3) is 5.38. The van der Waals surface area contributed by atoms with Gasteiger partial charge in [0.2, 0.25) is 0 Å². The Kier molecular flexibility index (Phi) is 7.14. The molecule has 0 aliphatic carbocycles. The molecule has 1 amide bonds. The summed E-state index contributed by atoms with van der Waals surface area (Å²) in [6, 6.07) is 24.1. The molecule has 0 spiro atoms. The predicted molar refractivity (Wildman–Crippen MR) is 131 cm³/mol. The number of carboxylic acid groups (broad SMARTS) is 1. The van der Waals surface area contributed by atoms with Gasteiger partial charge in [-0.15, -0.1) is 10.2 Å². The molecule has 4 rings (SSSR count). The van der Waals surface area contributed by atoms with E-state index >= 15 is 0 Å². The zero-order valence-corrected chi connectivity index (χ0v) is 19.1. The van der Waals surface area contributed by atoms with Crippen LogP contribution in [0.15, 0.2) is 89.1 Å². The average molecular weight is 472 g/mol. The number of carbonyl (C=O) groups is 2. The Bertz CT molecular complexity index is 1330. The molecule has 0 aliphatic rings. The number of carboxylic acids is 1. The van der Waals surface area contributed by atoms with E-state index in [1.807, 2.05) is 66.1 Å². The molecule has 0 unspecified atom stereocenters. The van der Waals surface area contributed by atoms with Crippen LogP contribution < -0.4 is 5.43 Å². The lowest BCUT2D eigenvalue weighted by molar-refractivity contribution is -0.118. The van der Waals surface area contributed by atoms with Gasteiger partial charge in [0.15, 0.2) is 11.0 Å². The molecule has 0 saturated carbocycles. The molecule has 0 aliphatic heterocycles. The van der Waals surface area contributed by atoms with Gasteiger partial charge >= 0.3 is 5.97 Å². The molecule has 0 radical (unpaired) electrons. The lowest BCUT2D eigenvalue weighted by atomic mass is 10.1. The highest BCUT2D eigenvalue weighted by atomic mass is 32.2. The van der Waals surface area contributed by atoms with Crippen molar-refractivity contribution in [1.29, 1.82) is 0 Å². The predicted octanol–water partition coefficient (Wildman–Crippen LogP) is 4.18. The van der Waals surface area contributed by atoms with Gasteiger partial charge in [-0.25, -0.2) is 10.2 Å². The normalized spacial score (nSPS) is 11.0. The van der Waals surface area contributed by atoms with Crippen molar-refractivity contribution in [3.63, 3.8) is 0 Å². The first-order valence-electron chi connectivity index (χ1n) is 10.4. The maximum absolute atomic E-state index is 12.4. The van der Waals surface area contributed by atoms with E-state index in [0.717, 1.165) is 16.8 Å². The van der Waals surface area contributed by atoms with E-state index in [4.69, 9.17) is 0 Å². The minimum Gasteiger partial charge on any atom is -0.478 e. The molecule has 1 aromatic heterocycles. The monoisotopic (exact) mass is 471 g/mol. The summed E-state index contributed by atoms with van der Waals surface area (Å²) in [6.07, 6.45) is 1.31. The molecule has 0 atom stereocenters. The average Bonchev–Trinajstić information content (AvgIpc) is 3.28. The first-order valence-corrected chi connectivity index (χ1v) is 11.4. The van der Waals surface area contributed by atoms with Gasteiger partial charge in [0.05, 0.1) is 17.5 Å². The molecule has 3 aromatic carbocycles. The van der Waals surface area contributed by atoms with Crippen molar-refractivity contribution >= 4 is 29.9 Å². The summed E-state index contributed by atoms with van der Waals surface area (Å²) < 4.78 is 1.92. The van der Waals surface area contributed by atoms with E-state index in [1.54, 1.807) is 18.2 Å². The van der Waals surface area contributed by atoms with Crippen LogP contribution in [-0.2, 0) is 4.79 Å². The van der Waals surface area contributed by atoms with Crippen LogP contribution in [0.2, 0.25) is 0 Å². The van der Waals surface area contributed by atoms with E-state index in [-0.39, 0.29) is 17.2 Å². The largest absolute Gasteiger partial charge is 0.478 e. The number of aryl methyl sites for hydroxylation is 1.